The highest BCUT2D eigenvalue weighted by Gasteiger charge is 2.14. The monoisotopic (exact) mass is 285 g/mol. The maximum Gasteiger partial charge on any atom is 0.309 e. The number of carboxylic acids is 1. The summed E-state index contributed by atoms with van der Waals surface area (Å²) in [6.07, 6.45) is -0.199. The predicted molar refractivity (Wildman–Crippen MR) is 69.7 cm³/mol. The van der Waals surface area contributed by atoms with Gasteiger partial charge in [-0.2, -0.15) is 0 Å². The average Bonchev–Trinajstić information content (AvgIpc) is 2.32. The molecule has 94 valence electrons. The van der Waals surface area contributed by atoms with Crippen LogP contribution in [0, 0.1) is 0 Å². The largest absolute Gasteiger partial charge is 0.496 e. The molecule has 1 heterocycles. The van der Waals surface area contributed by atoms with Gasteiger partial charge in [-0.15, -0.1) is 0 Å². The number of carbonyl (C=O) groups is 1. The summed E-state index contributed by atoms with van der Waals surface area (Å²) in [5.74, 6) is -0.509. The van der Waals surface area contributed by atoms with E-state index in [0.717, 1.165) is 0 Å². The van der Waals surface area contributed by atoms with Crippen molar-refractivity contribution >= 4 is 40.1 Å². The number of hydrogen-bond donors (Lipinski definition) is 1. The Morgan fingerprint density at radius 1 is 1.39 bits per heavy atom. The molecule has 0 unspecified atom stereocenters. The summed E-state index contributed by atoms with van der Waals surface area (Å²) in [5, 5.41) is 10.2. The first-order valence-electron chi connectivity index (χ1n) is 5.06. The molecule has 0 fully saturated rings. The van der Waals surface area contributed by atoms with E-state index in [1.165, 1.54) is 7.11 Å². The van der Waals surface area contributed by atoms with Gasteiger partial charge in [0.05, 0.1) is 40.2 Å². The fraction of sp³-hybridized carbons (Fsp3) is 0.167. The van der Waals surface area contributed by atoms with Crippen molar-refractivity contribution in [2.45, 2.75) is 6.42 Å². The lowest BCUT2D eigenvalue weighted by atomic mass is 10.1. The van der Waals surface area contributed by atoms with E-state index in [4.69, 9.17) is 33.0 Å². The molecule has 0 saturated carbocycles. The van der Waals surface area contributed by atoms with Crippen LogP contribution in [0.4, 0.5) is 0 Å². The quantitative estimate of drug-likeness (QED) is 0.941. The molecule has 0 saturated heterocycles. The van der Waals surface area contributed by atoms with Crippen molar-refractivity contribution in [3.63, 3.8) is 0 Å². The molecular formula is C12H9Cl2NO3. The SMILES string of the molecule is COc1cc(CC(=O)O)nc2c(Cl)ccc(Cl)c12. The van der Waals surface area contributed by atoms with Crippen LogP contribution in [0.25, 0.3) is 10.9 Å². The minimum absolute atomic E-state index is 0.199. The minimum atomic E-state index is -0.970. The Hall–Kier alpha value is -1.52. The lowest BCUT2D eigenvalue weighted by molar-refractivity contribution is -0.136. The van der Waals surface area contributed by atoms with E-state index < -0.39 is 5.97 Å². The van der Waals surface area contributed by atoms with Crippen LogP contribution in [0.15, 0.2) is 18.2 Å². The zero-order valence-corrected chi connectivity index (χ0v) is 10.9. The zero-order valence-electron chi connectivity index (χ0n) is 9.41. The Morgan fingerprint density at radius 2 is 2.06 bits per heavy atom. The van der Waals surface area contributed by atoms with Gasteiger partial charge in [0.15, 0.2) is 0 Å². The first-order chi connectivity index (χ1) is 8.52. The maximum atomic E-state index is 10.7. The molecule has 4 nitrogen and oxygen atoms in total. The number of pyridine rings is 1. The molecule has 0 aliphatic rings. The van der Waals surface area contributed by atoms with Crippen LogP contribution < -0.4 is 4.74 Å². The molecule has 0 atom stereocenters. The maximum absolute atomic E-state index is 10.7. The third-order valence-electron chi connectivity index (χ3n) is 2.43. The number of carboxylic acid groups (broad SMARTS) is 1. The number of nitrogens with zero attached hydrogens (tertiary/aromatic N) is 1. The summed E-state index contributed by atoms with van der Waals surface area (Å²) < 4.78 is 5.21. The zero-order chi connectivity index (χ0) is 13.3. The van der Waals surface area contributed by atoms with Gasteiger partial charge in [0.2, 0.25) is 0 Å². The van der Waals surface area contributed by atoms with Gasteiger partial charge in [0.1, 0.15) is 5.75 Å². The highest BCUT2D eigenvalue weighted by Crippen LogP contribution is 2.35. The average molecular weight is 286 g/mol. The number of benzene rings is 1. The molecule has 1 aromatic carbocycles. The first-order valence-corrected chi connectivity index (χ1v) is 5.82. The smallest absolute Gasteiger partial charge is 0.309 e. The van der Waals surface area contributed by atoms with Crippen LogP contribution in [0.3, 0.4) is 0 Å². The van der Waals surface area contributed by atoms with E-state index >= 15 is 0 Å². The van der Waals surface area contributed by atoms with E-state index in [1.807, 2.05) is 0 Å². The Labute approximate surface area is 113 Å². The second-order valence-corrected chi connectivity index (χ2v) is 4.45. The third-order valence-corrected chi connectivity index (χ3v) is 3.05. The Bertz CT molecular complexity index is 628. The highest BCUT2D eigenvalue weighted by molar-refractivity contribution is 6.40. The second-order valence-electron chi connectivity index (χ2n) is 3.64. The number of aromatic nitrogens is 1. The number of methoxy groups -OCH3 is 1. The number of fused-ring (bicyclic) bond motifs is 1. The van der Waals surface area contributed by atoms with Crippen molar-refractivity contribution in [3.05, 3.63) is 33.9 Å². The van der Waals surface area contributed by atoms with Crippen LogP contribution in [-0.2, 0) is 11.2 Å². The molecule has 2 rings (SSSR count). The third kappa shape index (κ3) is 2.35. The molecule has 0 spiro atoms. The van der Waals surface area contributed by atoms with Gasteiger partial charge in [-0.25, -0.2) is 0 Å². The van der Waals surface area contributed by atoms with Gasteiger partial charge < -0.3 is 9.84 Å². The molecule has 2 aromatic rings. The molecular weight excluding hydrogens is 277 g/mol. The molecule has 0 aliphatic heterocycles. The van der Waals surface area contributed by atoms with Crippen LogP contribution in [-0.4, -0.2) is 23.2 Å². The molecule has 6 heteroatoms. The van der Waals surface area contributed by atoms with Gasteiger partial charge in [-0.1, -0.05) is 23.2 Å². The van der Waals surface area contributed by atoms with E-state index in [2.05, 4.69) is 4.98 Å². The van der Waals surface area contributed by atoms with Gasteiger partial charge in [-0.3, -0.25) is 9.78 Å². The topological polar surface area (TPSA) is 59.4 Å². The highest BCUT2D eigenvalue weighted by atomic mass is 35.5. The Kier molecular flexibility index (Phi) is 3.59. The summed E-state index contributed by atoms with van der Waals surface area (Å²) in [7, 11) is 1.48. The number of hydrogen-bond acceptors (Lipinski definition) is 3. The van der Waals surface area contributed by atoms with Crippen molar-refractivity contribution in [1.29, 1.82) is 0 Å². The lowest BCUT2D eigenvalue weighted by Crippen LogP contribution is -2.03. The van der Waals surface area contributed by atoms with E-state index in [1.54, 1.807) is 18.2 Å². The van der Waals surface area contributed by atoms with Crippen molar-refractivity contribution < 1.29 is 14.6 Å². The summed E-state index contributed by atoms with van der Waals surface area (Å²) in [6.45, 7) is 0. The molecule has 0 bridgehead atoms. The number of rotatable bonds is 3. The normalized spacial score (nSPS) is 10.6. The fourth-order valence-corrected chi connectivity index (χ4v) is 2.14. The molecule has 0 amide bonds. The van der Waals surface area contributed by atoms with E-state index in [-0.39, 0.29) is 6.42 Å². The Balaban J connectivity index is 2.75. The second kappa shape index (κ2) is 5.00. The summed E-state index contributed by atoms with van der Waals surface area (Å²) in [6, 6.07) is 4.81. The van der Waals surface area contributed by atoms with Gasteiger partial charge >= 0.3 is 5.97 Å². The summed E-state index contributed by atoms with van der Waals surface area (Å²) in [4.78, 5) is 14.9. The fourth-order valence-electron chi connectivity index (χ4n) is 1.69. The first kappa shape index (κ1) is 12.9. The predicted octanol–water partition coefficient (Wildman–Crippen LogP) is 3.18. The van der Waals surface area contributed by atoms with Crippen LogP contribution in [0.2, 0.25) is 10.0 Å². The number of halogens is 2. The standard InChI is InChI=1S/C12H9Cl2NO3/c1-18-9-4-6(5-10(16)17)15-12-8(14)3-2-7(13)11(9)12/h2-4H,5H2,1H3,(H,16,17). The molecule has 0 radical (unpaired) electrons. The molecule has 0 aliphatic carbocycles. The molecule has 18 heavy (non-hydrogen) atoms. The summed E-state index contributed by atoms with van der Waals surface area (Å²) >= 11 is 12.1. The lowest BCUT2D eigenvalue weighted by Gasteiger charge is -2.10. The molecule has 1 aromatic heterocycles. The summed E-state index contributed by atoms with van der Waals surface area (Å²) in [5.41, 5.74) is 0.816. The van der Waals surface area contributed by atoms with Crippen LogP contribution in [0.1, 0.15) is 5.69 Å². The van der Waals surface area contributed by atoms with E-state index in [9.17, 15) is 4.79 Å². The van der Waals surface area contributed by atoms with Crippen molar-refractivity contribution in [2.24, 2.45) is 0 Å². The van der Waals surface area contributed by atoms with E-state index in [0.29, 0.717) is 32.4 Å². The number of ether oxygens (including phenoxy) is 1. The van der Waals surface area contributed by atoms with Crippen molar-refractivity contribution in [2.75, 3.05) is 7.11 Å². The van der Waals surface area contributed by atoms with Gasteiger partial charge in [0.25, 0.3) is 0 Å². The number of aliphatic carboxylic acids is 1. The van der Waals surface area contributed by atoms with Gasteiger partial charge in [0, 0.05) is 6.07 Å². The Morgan fingerprint density at radius 3 is 2.67 bits per heavy atom. The van der Waals surface area contributed by atoms with Gasteiger partial charge in [-0.05, 0) is 12.1 Å². The van der Waals surface area contributed by atoms with Crippen molar-refractivity contribution in [1.82, 2.24) is 4.98 Å². The van der Waals surface area contributed by atoms with Crippen LogP contribution in [0.5, 0.6) is 5.75 Å². The minimum Gasteiger partial charge on any atom is -0.496 e. The molecule has 1 N–H and O–H groups in total. The van der Waals surface area contributed by atoms with Crippen LogP contribution >= 0.6 is 23.2 Å². The van der Waals surface area contributed by atoms with Crippen molar-refractivity contribution in [3.8, 4) is 5.75 Å².